The maximum Gasteiger partial charge on any atom is 0.191 e. The Morgan fingerprint density at radius 3 is 2.85 bits per heavy atom. The van der Waals surface area contributed by atoms with Crippen molar-refractivity contribution in [1.82, 2.24) is 20.2 Å². The van der Waals surface area contributed by atoms with E-state index in [0.717, 1.165) is 48.8 Å². The fourth-order valence-corrected chi connectivity index (χ4v) is 3.32. The Morgan fingerprint density at radius 2 is 2.19 bits per heavy atom. The highest BCUT2D eigenvalue weighted by atomic mass is 127. The lowest BCUT2D eigenvalue weighted by atomic mass is 9.84. The van der Waals surface area contributed by atoms with E-state index in [0.29, 0.717) is 13.2 Å². The molecule has 3 rings (SSSR count). The molecular weight excluding hydrogens is 445 g/mol. The van der Waals surface area contributed by atoms with Crippen LogP contribution in [-0.2, 0) is 18.3 Å². The Hall–Kier alpha value is -1.39. The first-order chi connectivity index (χ1) is 12.2. The largest absolute Gasteiger partial charge is 0.396 e. The zero-order chi connectivity index (χ0) is 17.7. The van der Waals surface area contributed by atoms with Crippen LogP contribution in [0.5, 0.6) is 0 Å². The number of nitrogens with zero attached hydrogens (tertiary/aromatic N) is 3. The van der Waals surface area contributed by atoms with Crippen molar-refractivity contribution in [3.05, 3.63) is 30.1 Å². The van der Waals surface area contributed by atoms with Gasteiger partial charge < -0.3 is 25.0 Å². The average Bonchev–Trinajstić information content (AvgIpc) is 3.21. The molecule has 1 atom stereocenters. The molecule has 3 N–H and O–H groups in total. The number of nitrogens with one attached hydrogen (secondary N) is 2. The maximum atomic E-state index is 9.33. The summed E-state index contributed by atoms with van der Waals surface area (Å²) in [5.41, 5.74) is 2.10. The molecule has 26 heavy (non-hydrogen) atoms. The van der Waals surface area contributed by atoms with Crippen molar-refractivity contribution in [2.45, 2.75) is 19.4 Å². The van der Waals surface area contributed by atoms with Crippen LogP contribution in [0.15, 0.2) is 29.3 Å². The summed E-state index contributed by atoms with van der Waals surface area (Å²) >= 11 is 0. The van der Waals surface area contributed by atoms with E-state index in [1.54, 1.807) is 7.05 Å². The lowest BCUT2D eigenvalue weighted by molar-refractivity contribution is 0.127. The van der Waals surface area contributed by atoms with Crippen LogP contribution in [0.3, 0.4) is 0 Å². The molecule has 1 saturated heterocycles. The molecule has 0 radical (unpaired) electrons. The molecule has 0 amide bonds. The second-order valence-corrected chi connectivity index (χ2v) is 6.63. The lowest BCUT2D eigenvalue weighted by Crippen LogP contribution is -2.44. The van der Waals surface area contributed by atoms with Gasteiger partial charge in [-0.2, -0.15) is 0 Å². The van der Waals surface area contributed by atoms with Gasteiger partial charge in [0.1, 0.15) is 5.82 Å². The molecule has 1 aliphatic rings. The zero-order valence-corrected chi connectivity index (χ0v) is 17.7. The fraction of sp³-hybridized carbons (Fsp3) is 0.556. The molecule has 144 valence electrons. The highest BCUT2D eigenvalue weighted by Crippen LogP contribution is 2.31. The molecule has 7 nitrogen and oxygen atoms in total. The van der Waals surface area contributed by atoms with E-state index >= 15 is 0 Å². The maximum absolute atomic E-state index is 9.33. The molecule has 2 aromatic rings. The monoisotopic (exact) mass is 473 g/mol. The predicted molar refractivity (Wildman–Crippen MR) is 114 cm³/mol. The first-order valence-corrected chi connectivity index (χ1v) is 8.71. The number of aliphatic imine (C=N–C) groups is 1. The molecule has 1 aromatic carbocycles. The van der Waals surface area contributed by atoms with Gasteiger partial charge in [0.15, 0.2) is 5.96 Å². The van der Waals surface area contributed by atoms with Gasteiger partial charge in [-0.25, -0.2) is 4.98 Å². The molecule has 1 aromatic heterocycles. The second-order valence-electron chi connectivity index (χ2n) is 6.63. The third kappa shape index (κ3) is 4.66. The number of aliphatic hydroxyl groups is 1. The third-order valence-electron chi connectivity index (χ3n) is 4.98. The number of halogens is 1. The smallest absolute Gasteiger partial charge is 0.191 e. The number of aryl methyl sites for hydroxylation is 1. The highest BCUT2D eigenvalue weighted by Gasteiger charge is 2.34. The third-order valence-corrected chi connectivity index (χ3v) is 4.98. The summed E-state index contributed by atoms with van der Waals surface area (Å²) < 4.78 is 7.62. The van der Waals surface area contributed by atoms with Gasteiger partial charge in [-0.15, -0.1) is 24.0 Å². The summed E-state index contributed by atoms with van der Waals surface area (Å²) in [6, 6.07) is 8.10. The van der Waals surface area contributed by atoms with Gasteiger partial charge >= 0.3 is 0 Å². The van der Waals surface area contributed by atoms with Gasteiger partial charge in [0, 0.05) is 39.3 Å². The summed E-state index contributed by atoms with van der Waals surface area (Å²) in [4.78, 5) is 8.96. The van der Waals surface area contributed by atoms with Crippen LogP contribution in [0.1, 0.15) is 18.7 Å². The molecule has 1 unspecified atom stereocenters. The zero-order valence-electron chi connectivity index (χ0n) is 15.4. The SMILES string of the molecule is CN=C(NCc1nc2ccccc2n1C)NCC1(CCO)CCOC1.I. The van der Waals surface area contributed by atoms with E-state index in [2.05, 4.69) is 31.2 Å². The van der Waals surface area contributed by atoms with E-state index in [9.17, 15) is 5.11 Å². The number of para-hydroxylation sites is 2. The van der Waals surface area contributed by atoms with Gasteiger partial charge in [-0.05, 0) is 25.0 Å². The number of imidazole rings is 1. The standard InChI is InChI=1S/C18H27N5O2.HI/c1-19-17(21-12-18(7-9-24)8-10-25-13-18)20-11-16-22-14-5-3-4-6-15(14)23(16)2;/h3-6,24H,7-13H2,1-2H3,(H2,19,20,21);1H. The number of hydrogen-bond acceptors (Lipinski definition) is 4. The van der Waals surface area contributed by atoms with Crippen molar-refractivity contribution in [2.75, 3.05) is 33.4 Å². The summed E-state index contributed by atoms with van der Waals surface area (Å²) in [6.45, 7) is 2.94. The van der Waals surface area contributed by atoms with Crippen molar-refractivity contribution < 1.29 is 9.84 Å². The van der Waals surface area contributed by atoms with Crippen molar-refractivity contribution in [3.63, 3.8) is 0 Å². The number of hydrogen-bond donors (Lipinski definition) is 3. The molecular formula is C18H28IN5O2. The van der Waals surface area contributed by atoms with Gasteiger partial charge in [0.2, 0.25) is 0 Å². The van der Waals surface area contributed by atoms with E-state index in [4.69, 9.17) is 4.74 Å². The molecule has 1 aliphatic heterocycles. The Bertz CT molecular complexity index is 740. The Balaban J connectivity index is 0.00000243. The molecule has 0 saturated carbocycles. The van der Waals surface area contributed by atoms with Crippen molar-refractivity contribution in [3.8, 4) is 0 Å². The molecule has 1 fully saturated rings. The number of guanidine groups is 1. The van der Waals surface area contributed by atoms with Gasteiger partial charge in [-0.1, -0.05) is 12.1 Å². The Kier molecular flexibility index (Phi) is 7.66. The summed E-state index contributed by atoms with van der Waals surface area (Å²) in [5, 5.41) is 16.0. The van der Waals surface area contributed by atoms with E-state index in [-0.39, 0.29) is 36.0 Å². The van der Waals surface area contributed by atoms with Crippen LogP contribution in [-0.4, -0.2) is 54.0 Å². The first kappa shape index (κ1) is 20.9. The lowest BCUT2D eigenvalue weighted by Gasteiger charge is -2.27. The summed E-state index contributed by atoms with van der Waals surface area (Å²) in [7, 11) is 3.78. The number of benzene rings is 1. The van der Waals surface area contributed by atoms with Crippen LogP contribution in [0.4, 0.5) is 0 Å². The number of aliphatic hydroxyl groups excluding tert-OH is 1. The van der Waals surface area contributed by atoms with E-state index in [1.807, 2.05) is 25.2 Å². The minimum absolute atomic E-state index is 0. The molecule has 0 bridgehead atoms. The molecule has 0 spiro atoms. The average molecular weight is 473 g/mol. The van der Waals surface area contributed by atoms with Gasteiger partial charge in [0.05, 0.1) is 24.2 Å². The fourth-order valence-electron chi connectivity index (χ4n) is 3.32. The number of fused-ring (bicyclic) bond motifs is 1. The topological polar surface area (TPSA) is 83.7 Å². The van der Waals surface area contributed by atoms with E-state index < -0.39 is 0 Å². The molecule has 8 heteroatoms. The van der Waals surface area contributed by atoms with Crippen LogP contribution < -0.4 is 10.6 Å². The molecule has 2 heterocycles. The summed E-state index contributed by atoms with van der Waals surface area (Å²) in [5.74, 6) is 1.69. The molecule has 0 aliphatic carbocycles. The van der Waals surface area contributed by atoms with Gasteiger partial charge in [0.25, 0.3) is 0 Å². The van der Waals surface area contributed by atoms with E-state index in [1.165, 1.54) is 0 Å². The van der Waals surface area contributed by atoms with Crippen LogP contribution in [0.2, 0.25) is 0 Å². The van der Waals surface area contributed by atoms with Crippen molar-refractivity contribution in [1.29, 1.82) is 0 Å². The van der Waals surface area contributed by atoms with Crippen LogP contribution >= 0.6 is 24.0 Å². The quantitative estimate of drug-likeness (QED) is 0.338. The van der Waals surface area contributed by atoms with Crippen LogP contribution in [0.25, 0.3) is 11.0 Å². The number of aromatic nitrogens is 2. The number of ether oxygens (including phenoxy) is 1. The predicted octanol–water partition coefficient (Wildman–Crippen LogP) is 1.65. The van der Waals surface area contributed by atoms with Crippen molar-refractivity contribution >= 4 is 41.0 Å². The highest BCUT2D eigenvalue weighted by molar-refractivity contribution is 14.0. The van der Waals surface area contributed by atoms with Gasteiger partial charge in [-0.3, -0.25) is 4.99 Å². The Morgan fingerprint density at radius 1 is 1.38 bits per heavy atom. The number of rotatable bonds is 6. The minimum atomic E-state index is -0.00965. The first-order valence-electron chi connectivity index (χ1n) is 8.71. The summed E-state index contributed by atoms with van der Waals surface area (Å²) in [6.07, 6.45) is 1.70. The van der Waals surface area contributed by atoms with Crippen molar-refractivity contribution in [2.24, 2.45) is 17.5 Å². The van der Waals surface area contributed by atoms with Crippen LogP contribution in [0, 0.1) is 5.41 Å². The normalized spacial score (nSPS) is 20.2. The minimum Gasteiger partial charge on any atom is -0.396 e. The second kappa shape index (κ2) is 9.52. The Labute approximate surface area is 171 Å².